The number of aryl methyl sites for hydroxylation is 1. The summed E-state index contributed by atoms with van der Waals surface area (Å²) in [7, 11) is 0. The fourth-order valence-electron chi connectivity index (χ4n) is 5.08. The standard InChI is InChI=1S/C25H31N5/c1-4-29-16-19(15-26-29)21-13-14-22-24(28-21)23(27-20-9-7-6-8-10-20)17(3)25(18-11-12-18)30(22)5-2/h6-10,13-18,23,25,27H,4-5,11-12H2,1-3H3/t17-,23-,25-/m1/s1. The Labute approximate surface area is 179 Å². The van der Waals surface area contributed by atoms with Crippen LogP contribution in [0.3, 0.4) is 0 Å². The second-order valence-electron chi connectivity index (χ2n) is 8.65. The Morgan fingerprint density at radius 3 is 2.50 bits per heavy atom. The maximum Gasteiger partial charge on any atom is 0.0870 e. The molecular weight excluding hydrogens is 370 g/mol. The lowest BCUT2D eigenvalue weighted by Gasteiger charge is -2.46. The molecule has 5 nitrogen and oxygen atoms in total. The van der Waals surface area contributed by atoms with Crippen molar-refractivity contribution in [1.82, 2.24) is 14.8 Å². The van der Waals surface area contributed by atoms with Crippen molar-refractivity contribution in [3.63, 3.8) is 0 Å². The van der Waals surface area contributed by atoms with E-state index >= 15 is 0 Å². The molecule has 3 aromatic rings. The molecular formula is C25H31N5. The number of nitrogens with zero attached hydrogens (tertiary/aromatic N) is 4. The van der Waals surface area contributed by atoms with Crippen LogP contribution >= 0.6 is 0 Å². The van der Waals surface area contributed by atoms with E-state index in [4.69, 9.17) is 4.98 Å². The van der Waals surface area contributed by atoms with Crippen molar-refractivity contribution in [2.75, 3.05) is 16.8 Å². The number of hydrogen-bond acceptors (Lipinski definition) is 4. The SMILES string of the molecule is CCN1c2ccc(-c3cnn(CC)c3)nc2[C@H](Nc2ccccc2)[C@@H](C)[C@@H]1C1CC1. The highest BCUT2D eigenvalue weighted by atomic mass is 15.3. The Morgan fingerprint density at radius 2 is 1.83 bits per heavy atom. The third-order valence-corrected chi connectivity index (χ3v) is 6.73. The second kappa shape index (κ2) is 7.78. The second-order valence-corrected chi connectivity index (χ2v) is 8.65. The number of fused-ring (bicyclic) bond motifs is 1. The van der Waals surface area contributed by atoms with Gasteiger partial charge in [-0.3, -0.25) is 4.68 Å². The quantitative estimate of drug-likeness (QED) is 0.603. The third-order valence-electron chi connectivity index (χ3n) is 6.73. The minimum atomic E-state index is 0.192. The molecule has 0 amide bonds. The topological polar surface area (TPSA) is 46.0 Å². The molecule has 1 aliphatic heterocycles. The average Bonchev–Trinajstić information content (AvgIpc) is 3.50. The zero-order valence-electron chi connectivity index (χ0n) is 18.1. The molecule has 3 atom stereocenters. The normalized spacial score (nSPS) is 23.3. The molecule has 1 saturated carbocycles. The molecule has 0 bridgehead atoms. The summed E-state index contributed by atoms with van der Waals surface area (Å²) in [5.74, 6) is 1.28. The van der Waals surface area contributed by atoms with Crippen molar-refractivity contribution in [1.29, 1.82) is 0 Å². The number of para-hydroxylation sites is 1. The first-order chi connectivity index (χ1) is 14.7. The summed E-state index contributed by atoms with van der Waals surface area (Å²) < 4.78 is 1.96. The van der Waals surface area contributed by atoms with Gasteiger partial charge >= 0.3 is 0 Å². The van der Waals surface area contributed by atoms with Gasteiger partial charge in [0.2, 0.25) is 0 Å². The van der Waals surface area contributed by atoms with Crippen LogP contribution in [0.2, 0.25) is 0 Å². The molecule has 1 aliphatic carbocycles. The van der Waals surface area contributed by atoms with E-state index in [0.29, 0.717) is 12.0 Å². The van der Waals surface area contributed by atoms with Crippen LogP contribution in [0.25, 0.3) is 11.3 Å². The van der Waals surface area contributed by atoms with Crippen molar-refractivity contribution in [3.05, 3.63) is 60.6 Å². The zero-order chi connectivity index (χ0) is 20.7. The Kier molecular flexibility index (Phi) is 4.97. The largest absolute Gasteiger partial charge is 0.376 e. The lowest BCUT2D eigenvalue weighted by atomic mass is 9.82. The van der Waals surface area contributed by atoms with Gasteiger partial charge in [-0.2, -0.15) is 5.10 Å². The van der Waals surface area contributed by atoms with Gasteiger partial charge < -0.3 is 10.2 Å². The van der Waals surface area contributed by atoms with Crippen molar-refractivity contribution in [3.8, 4) is 11.3 Å². The van der Waals surface area contributed by atoms with Crippen LogP contribution in [0.15, 0.2) is 54.9 Å². The highest BCUT2D eigenvalue weighted by molar-refractivity contribution is 5.66. The summed E-state index contributed by atoms with van der Waals surface area (Å²) >= 11 is 0. The number of anilines is 2. The molecule has 1 N–H and O–H groups in total. The fraction of sp³-hybridized carbons (Fsp3) is 0.440. The molecule has 156 valence electrons. The number of nitrogens with one attached hydrogen (secondary N) is 1. The molecule has 2 aliphatic rings. The monoisotopic (exact) mass is 401 g/mol. The molecule has 5 heteroatoms. The molecule has 0 spiro atoms. The van der Waals surface area contributed by atoms with Crippen LogP contribution in [-0.4, -0.2) is 27.4 Å². The summed E-state index contributed by atoms with van der Waals surface area (Å²) in [5.41, 5.74) is 5.68. The number of pyridine rings is 1. The Balaban J connectivity index is 1.59. The summed E-state index contributed by atoms with van der Waals surface area (Å²) in [6.45, 7) is 8.67. The summed E-state index contributed by atoms with van der Waals surface area (Å²) in [4.78, 5) is 7.82. The Morgan fingerprint density at radius 1 is 1.03 bits per heavy atom. The van der Waals surface area contributed by atoms with Gasteiger partial charge in [0.15, 0.2) is 0 Å². The van der Waals surface area contributed by atoms with Crippen LogP contribution in [0.5, 0.6) is 0 Å². The number of rotatable bonds is 6. The number of benzene rings is 1. The minimum absolute atomic E-state index is 0.192. The van der Waals surface area contributed by atoms with Gasteiger partial charge in [0.25, 0.3) is 0 Å². The van der Waals surface area contributed by atoms with Gasteiger partial charge in [0.1, 0.15) is 0 Å². The maximum atomic E-state index is 5.21. The van der Waals surface area contributed by atoms with E-state index in [1.165, 1.54) is 18.5 Å². The van der Waals surface area contributed by atoms with Gasteiger partial charge in [0, 0.05) is 42.5 Å². The highest BCUT2D eigenvalue weighted by Crippen LogP contribution is 2.49. The Bertz CT molecular complexity index is 1010. The lowest BCUT2D eigenvalue weighted by Crippen LogP contribution is -2.49. The number of hydrogen-bond donors (Lipinski definition) is 1. The van der Waals surface area contributed by atoms with E-state index in [0.717, 1.165) is 41.6 Å². The van der Waals surface area contributed by atoms with E-state index in [1.807, 2.05) is 10.9 Å². The van der Waals surface area contributed by atoms with Crippen molar-refractivity contribution < 1.29 is 0 Å². The summed E-state index contributed by atoms with van der Waals surface area (Å²) in [6, 6.07) is 15.8. The smallest absolute Gasteiger partial charge is 0.0870 e. The lowest BCUT2D eigenvalue weighted by molar-refractivity contribution is 0.328. The molecule has 0 unspecified atom stereocenters. The molecule has 5 rings (SSSR count). The van der Waals surface area contributed by atoms with Gasteiger partial charge in [-0.15, -0.1) is 0 Å². The molecule has 2 aromatic heterocycles. The van der Waals surface area contributed by atoms with Gasteiger partial charge in [-0.05, 0) is 56.9 Å². The third kappa shape index (κ3) is 3.36. The van der Waals surface area contributed by atoms with Crippen LogP contribution < -0.4 is 10.2 Å². The van der Waals surface area contributed by atoms with E-state index in [9.17, 15) is 0 Å². The van der Waals surface area contributed by atoms with E-state index in [-0.39, 0.29) is 6.04 Å². The molecule has 0 saturated heterocycles. The van der Waals surface area contributed by atoms with Crippen molar-refractivity contribution >= 4 is 11.4 Å². The first-order valence-corrected chi connectivity index (χ1v) is 11.3. The minimum Gasteiger partial charge on any atom is -0.376 e. The van der Waals surface area contributed by atoms with Crippen molar-refractivity contribution in [2.24, 2.45) is 11.8 Å². The molecule has 0 radical (unpaired) electrons. The van der Waals surface area contributed by atoms with Gasteiger partial charge in [0.05, 0.1) is 29.3 Å². The zero-order valence-corrected chi connectivity index (χ0v) is 18.1. The van der Waals surface area contributed by atoms with Crippen molar-refractivity contribution in [2.45, 2.75) is 52.2 Å². The maximum absolute atomic E-state index is 5.21. The van der Waals surface area contributed by atoms with E-state index in [2.05, 4.69) is 84.7 Å². The predicted octanol–water partition coefficient (Wildman–Crippen LogP) is 5.37. The first kappa shape index (κ1) is 19.2. The summed E-state index contributed by atoms with van der Waals surface area (Å²) in [5, 5.41) is 8.28. The average molecular weight is 402 g/mol. The van der Waals surface area contributed by atoms with Crippen LogP contribution in [0.4, 0.5) is 11.4 Å². The van der Waals surface area contributed by atoms with E-state index in [1.54, 1.807) is 0 Å². The molecule has 30 heavy (non-hydrogen) atoms. The first-order valence-electron chi connectivity index (χ1n) is 11.3. The van der Waals surface area contributed by atoms with Crippen LogP contribution in [-0.2, 0) is 6.54 Å². The van der Waals surface area contributed by atoms with E-state index < -0.39 is 0 Å². The Hall–Kier alpha value is -2.82. The molecule has 3 heterocycles. The van der Waals surface area contributed by atoms with Gasteiger partial charge in [-0.1, -0.05) is 25.1 Å². The highest BCUT2D eigenvalue weighted by Gasteiger charge is 2.46. The summed E-state index contributed by atoms with van der Waals surface area (Å²) in [6.07, 6.45) is 6.71. The number of aromatic nitrogens is 3. The molecule has 1 fully saturated rings. The van der Waals surface area contributed by atoms with Crippen LogP contribution in [0, 0.1) is 11.8 Å². The molecule has 1 aromatic carbocycles. The van der Waals surface area contributed by atoms with Gasteiger partial charge in [-0.25, -0.2) is 4.98 Å². The predicted molar refractivity (Wildman–Crippen MR) is 123 cm³/mol. The van der Waals surface area contributed by atoms with Crippen LogP contribution in [0.1, 0.15) is 45.3 Å². The fourth-order valence-corrected chi connectivity index (χ4v) is 5.08.